The molecule has 0 aliphatic carbocycles. The van der Waals surface area contributed by atoms with Gasteiger partial charge in [-0.1, -0.05) is 48.5 Å². The maximum atomic E-state index is 13.1. The number of hydrogen-bond donors (Lipinski definition) is 1. The molecule has 1 aliphatic rings. The topological polar surface area (TPSA) is 113 Å². The summed E-state index contributed by atoms with van der Waals surface area (Å²) in [7, 11) is -4.27. The zero-order valence-electron chi connectivity index (χ0n) is 16.0. The predicted molar refractivity (Wildman–Crippen MR) is 118 cm³/mol. The van der Waals surface area contributed by atoms with Gasteiger partial charge < -0.3 is 4.89 Å². The molecule has 31 heavy (non-hydrogen) atoms. The minimum absolute atomic E-state index is 0.0307. The Morgan fingerprint density at radius 1 is 0.935 bits per heavy atom. The number of anilines is 1. The number of hydrogen-bond acceptors (Lipinski definition) is 6. The van der Waals surface area contributed by atoms with Crippen molar-refractivity contribution in [2.24, 2.45) is 5.10 Å². The maximum Gasteiger partial charge on any atom is 0.277 e. The molecule has 4 rings (SSSR count). The third-order valence-electron chi connectivity index (χ3n) is 4.64. The summed E-state index contributed by atoms with van der Waals surface area (Å²) in [6, 6.07) is 22.7. The molecule has 0 radical (unpaired) electrons. The van der Waals surface area contributed by atoms with Crippen LogP contribution in [0.1, 0.15) is 15.9 Å². The first-order valence-electron chi connectivity index (χ1n) is 9.21. The van der Waals surface area contributed by atoms with Gasteiger partial charge in [-0.15, -0.1) is 0 Å². The first-order valence-corrected chi connectivity index (χ1v) is 10.9. The lowest BCUT2D eigenvalue weighted by Crippen LogP contribution is -2.26. The van der Waals surface area contributed by atoms with Crippen LogP contribution >= 0.6 is 7.37 Å². The first kappa shape index (κ1) is 20.4. The van der Waals surface area contributed by atoms with Crippen LogP contribution in [0.4, 0.5) is 11.4 Å². The minimum Gasteiger partial charge on any atom is -0.337 e. The number of para-hydroxylation sites is 1. The van der Waals surface area contributed by atoms with Crippen molar-refractivity contribution in [3.05, 3.63) is 112 Å². The Labute approximate surface area is 177 Å². The lowest BCUT2D eigenvalue weighted by Gasteiger charge is -2.28. The number of rotatable bonds is 5. The average Bonchev–Trinajstić information content (AvgIpc) is 2.79. The summed E-state index contributed by atoms with van der Waals surface area (Å²) in [5.41, 5.74) is 0.954. The van der Waals surface area contributed by atoms with E-state index < -0.39 is 23.5 Å². The molecule has 3 aromatic rings. The largest absolute Gasteiger partial charge is 0.337 e. The van der Waals surface area contributed by atoms with E-state index in [2.05, 4.69) is 5.10 Å². The highest BCUT2D eigenvalue weighted by atomic mass is 31.2. The van der Waals surface area contributed by atoms with E-state index in [1.165, 1.54) is 29.3 Å². The molecule has 0 spiro atoms. The quantitative estimate of drug-likeness (QED) is 0.266. The molecule has 1 heterocycles. The fourth-order valence-corrected chi connectivity index (χ4v) is 4.47. The standard InChI is InChI=1S/C22H16N3O5P/c26-21(17-11-13-19(14-12-17)25(27)28)22-23-24(18-9-5-2-6-10-18)20(15-31(22,29)30)16-7-3-1-4-8-16/h1-15H,(H,29,30). The van der Waals surface area contributed by atoms with Crippen LogP contribution < -0.4 is 5.01 Å². The van der Waals surface area contributed by atoms with E-state index in [9.17, 15) is 24.4 Å². The molecule has 0 fully saturated rings. The minimum atomic E-state index is -4.27. The van der Waals surface area contributed by atoms with Gasteiger partial charge >= 0.3 is 0 Å². The van der Waals surface area contributed by atoms with Crippen LogP contribution in [-0.4, -0.2) is 21.1 Å². The molecule has 1 unspecified atom stereocenters. The molecular formula is C22H16N3O5P. The third-order valence-corrected chi connectivity index (χ3v) is 6.13. The summed E-state index contributed by atoms with van der Waals surface area (Å²) in [6.45, 7) is 0. The monoisotopic (exact) mass is 433 g/mol. The third kappa shape index (κ3) is 4.07. The smallest absolute Gasteiger partial charge is 0.277 e. The number of nitro benzene ring substituents is 1. The molecule has 1 N–H and O–H groups in total. The van der Waals surface area contributed by atoms with Crippen molar-refractivity contribution < 1.29 is 19.2 Å². The fourth-order valence-electron chi connectivity index (χ4n) is 3.12. The number of benzene rings is 3. The number of ketones is 1. The zero-order valence-corrected chi connectivity index (χ0v) is 16.9. The van der Waals surface area contributed by atoms with Gasteiger partial charge in [0.2, 0.25) is 5.78 Å². The van der Waals surface area contributed by atoms with Crippen molar-refractivity contribution in [1.82, 2.24) is 0 Å². The highest BCUT2D eigenvalue weighted by Gasteiger charge is 2.38. The molecule has 1 atom stereocenters. The van der Waals surface area contributed by atoms with Crippen molar-refractivity contribution in [1.29, 1.82) is 0 Å². The summed E-state index contributed by atoms with van der Waals surface area (Å²) < 4.78 is 13.1. The molecule has 0 saturated heterocycles. The lowest BCUT2D eigenvalue weighted by molar-refractivity contribution is -0.384. The summed E-state index contributed by atoms with van der Waals surface area (Å²) in [4.78, 5) is 34.0. The maximum absolute atomic E-state index is 13.1. The summed E-state index contributed by atoms with van der Waals surface area (Å²) in [6.07, 6.45) is 0. The molecule has 8 nitrogen and oxygen atoms in total. The summed E-state index contributed by atoms with van der Waals surface area (Å²) in [5, 5.41) is 16.6. The average molecular weight is 433 g/mol. The lowest BCUT2D eigenvalue weighted by atomic mass is 10.1. The van der Waals surface area contributed by atoms with Gasteiger partial charge in [-0.05, 0) is 24.3 Å². The van der Waals surface area contributed by atoms with Gasteiger partial charge in [-0.3, -0.25) is 19.5 Å². The van der Waals surface area contributed by atoms with Crippen LogP contribution in [-0.2, 0) is 4.57 Å². The number of hydrazone groups is 1. The molecule has 0 aromatic heterocycles. The van der Waals surface area contributed by atoms with Crippen molar-refractivity contribution in [3.63, 3.8) is 0 Å². The van der Waals surface area contributed by atoms with Crippen LogP contribution in [0, 0.1) is 10.1 Å². The number of non-ortho nitro benzene ring substituents is 1. The Morgan fingerprint density at radius 2 is 1.52 bits per heavy atom. The predicted octanol–water partition coefficient (Wildman–Crippen LogP) is 4.88. The number of Topliss-reactive ketones (excluding diaryl/α,β-unsaturated/α-hetero) is 1. The van der Waals surface area contributed by atoms with Crippen LogP contribution in [0.3, 0.4) is 0 Å². The van der Waals surface area contributed by atoms with Gasteiger partial charge in [0.25, 0.3) is 13.1 Å². The van der Waals surface area contributed by atoms with Gasteiger partial charge in [0.05, 0.1) is 16.3 Å². The molecule has 3 aromatic carbocycles. The molecule has 0 saturated carbocycles. The Morgan fingerprint density at radius 3 is 2.10 bits per heavy atom. The van der Waals surface area contributed by atoms with Crippen molar-refractivity contribution >= 4 is 35.7 Å². The second-order valence-electron chi connectivity index (χ2n) is 6.71. The molecule has 1 aliphatic heterocycles. The van der Waals surface area contributed by atoms with Gasteiger partial charge in [0, 0.05) is 29.1 Å². The molecule has 154 valence electrons. The summed E-state index contributed by atoms with van der Waals surface area (Å²) >= 11 is 0. The molecular weight excluding hydrogens is 417 g/mol. The van der Waals surface area contributed by atoms with E-state index in [-0.39, 0.29) is 11.3 Å². The van der Waals surface area contributed by atoms with E-state index in [4.69, 9.17) is 0 Å². The Bertz CT molecular complexity index is 1260. The van der Waals surface area contributed by atoms with Crippen LogP contribution in [0.15, 0.2) is 95.8 Å². The van der Waals surface area contributed by atoms with E-state index >= 15 is 0 Å². The Balaban J connectivity index is 1.81. The van der Waals surface area contributed by atoms with Gasteiger partial charge in [0.1, 0.15) is 0 Å². The van der Waals surface area contributed by atoms with Crippen molar-refractivity contribution in [2.45, 2.75) is 0 Å². The molecule has 0 bridgehead atoms. The van der Waals surface area contributed by atoms with Crippen molar-refractivity contribution in [2.75, 3.05) is 5.01 Å². The van der Waals surface area contributed by atoms with Gasteiger partial charge in [0.15, 0.2) is 5.45 Å². The van der Waals surface area contributed by atoms with E-state index in [0.29, 0.717) is 16.9 Å². The van der Waals surface area contributed by atoms with Crippen LogP contribution in [0.5, 0.6) is 0 Å². The Hall–Kier alpha value is -3.87. The Kier molecular flexibility index (Phi) is 5.33. The zero-order chi connectivity index (χ0) is 22.0. The van der Waals surface area contributed by atoms with Gasteiger partial charge in [-0.2, -0.15) is 5.10 Å². The number of nitrogens with zero attached hydrogens (tertiary/aromatic N) is 3. The second kappa shape index (κ2) is 8.10. The van der Waals surface area contributed by atoms with E-state index in [0.717, 1.165) is 5.82 Å². The number of carbonyl (C=O) groups is 1. The van der Waals surface area contributed by atoms with Crippen LogP contribution in [0.25, 0.3) is 5.70 Å². The highest BCUT2D eigenvalue weighted by Crippen LogP contribution is 2.52. The van der Waals surface area contributed by atoms with Crippen LogP contribution in [0.2, 0.25) is 0 Å². The first-order chi connectivity index (χ1) is 14.9. The fraction of sp³-hybridized carbons (Fsp3) is 0. The number of nitro groups is 1. The second-order valence-corrected chi connectivity index (χ2v) is 8.63. The van der Waals surface area contributed by atoms with Gasteiger partial charge in [-0.25, -0.2) is 5.01 Å². The summed E-state index contributed by atoms with van der Waals surface area (Å²) in [5.74, 6) is 0.381. The van der Waals surface area contributed by atoms with E-state index in [1.54, 1.807) is 48.5 Å². The molecule has 9 heteroatoms. The SMILES string of the molecule is O=C(C1=NN(c2ccccc2)C(c2ccccc2)=CP1(=O)O)c1ccc([N+](=O)[O-])cc1. The normalized spacial score (nSPS) is 18.2. The highest BCUT2D eigenvalue weighted by molar-refractivity contribution is 7.81. The number of carbonyl (C=O) groups excluding carboxylic acids is 1. The van der Waals surface area contributed by atoms with Crippen molar-refractivity contribution in [3.8, 4) is 0 Å². The van der Waals surface area contributed by atoms with E-state index in [1.807, 2.05) is 12.1 Å². The molecule has 0 amide bonds.